The van der Waals surface area contributed by atoms with Crippen LogP contribution in [0.15, 0.2) is 152 Å². The lowest BCUT2D eigenvalue weighted by Gasteiger charge is -2.13. The van der Waals surface area contributed by atoms with Gasteiger partial charge in [0.05, 0.1) is 33.3 Å². The highest BCUT2D eigenvalue weighted by molar-refractivity contribution is 6.36. The maximum absolute atomic E-state index is 5.38. The van der Waals surface area contributed by atoms with E-state index in [1.54, 1.807) is 0 Å². The van der Waals surface area contributed by atoms with Crippen molar-refractivity contribution in [3.05, 3.63) is 152 Å². The number of hydrogen-bond acceptors (Lipinski definition) is 3. The van der Waals surface area contributed by atoms with Gasteiger partial charge in [-0.25, -0.2) is 9.97 Å². The van der Waals surface area contributed by atoms with Crippen molar-refractivity contribution in [2.75, 3.05) is 0 Å². The Morgan fingerprint density at radius 1 is 0.435 bits per heavy atom. The molecule has 0 fully saturated rings. The quantitative estimate of drug-likeness (QED) is 0.207. The zero-order valence-electron chi connectivity index (χ0n) is 24.7. The summed E-state index contributed by atoms with van der Waals surface area (Å²) in [6.07, 6.45) is 3.91. The van der Waals surface area contributed by atoms with Gasteiger partial charge in [0.1, 0.15) is 0 Å². The predicted octanol–water partition coefficient (Wildman–Crippen LogP) is 10.0. The maximum Gasteiger partial charge on any atom is 0.235 e. The Morgan fingerprint density at radius 3 is 1.85 bits per heavy atom. The lowest BCUT2D eigenvalue weighted by molar-refractivity contribution is 1.02. The van der Waals surface area contributed by atoms with Gasteiger partial charge >= 0.3 is 0 Å². The minimum Gasteiger partial charge on any atom is -0.308 e. The van der Waals surface area contributed by atoms with Crippen LogP contribution in [0.25, 0.3) is 88.2 Å². The van der Waals surface area contributed by atoms with Gasteiger partial charge in [-0.05, 0) is 41.8 Å². The summed E-state index contributed by atoms with van der Waals surface area (Å²) < 4.78 is 4.67. The zero-order valence-corrected chi connectivity index (χ0v) is 24.7. The van der Waals surface area contributed by atoms with E-state index in [4.69, 9.17) is 9.97 Å². The van der Waals surface area contributed by atoms with Gasteiger partial charge in [0, 0.05) is 56.0 Å². The molecule has 46 heavy (non-hydrogen) atoms. The average molecular weight is 588 g/mol. The molecule has 0 bridgehead atoms. The topological polar surface area (TPSA) is 48.5 Å². The molecule has 0 aliphatic rings. The second-order valence-corrected chi connectivity index (χ2v) is 11.7. The molecule has 6 aromatic carbocycles. The van der Waals surface area contributed by atoms with Crippen molar-refractivity contribution in [2.24, 2.45) is 0 Å². The first kappa shape index (κ1) is 25.0. The lowest BCUT2D eigenvalue weighted by Crippen LogP contribution is -2.04. The third-order valence-electron chi connectivity index (χ3n) is 9.18. The minimum atomic E-state index is 0.648. The van der Waals surface area contributed by atoms with Crippen LogP contribution in [-0.2, 0) is 0 Å². The molecule has 4 aromatic heterocycles. The van der Waals surface area contributed by atoms with E-state index >= 15 is 0 Å². The molecule has 5 nitrogen and oxygen atoms in total. The van der Waals surface area contributed by atoms with Crippen LogP contribution in [-0.4, -0.2) is 24.1 Å². The van der Waals surface area contributed by atoms with Gasteiger partial charge in [0.2, 0.25) is 5.95 Å². The van der Waals surface area contributed by atoms with Crippen LogP contribution >= 0.6 is 0 Å². The fourth-order valence-electron chi connectivity index (χ4n) is 7.32. The third kappa shape index (κ3) is 3.42. The molecule has 10 aromatic rings. The molecule has 0 atom stereocenters. The Bertz CT molecular complexity index is 2790. The van der Waals surface area contributed by atoms with E-state index in [1.807, 2.05) is 24.5 Å². The molecule has 0 N–H and O–H groups in total. The second kappa shape index (κ2) is 9.58. The van der Waals surface area contributed by atoms with Gasteiger partial charge < -0.3 is 4.57 Å². The molecule has 0 aliphatic heterocycles. The number of fused-ring (bicyclic) bond motifs is 11. The van der Waals surface area contributed by atoms with Crippen LogP contribution in [0.1, 0.15) is 0 Å². The Labute approximate surface area is 263 Å². The molecule has 10 rings (SSSR count). The SMILES string of the molecule is c1ccc(-c2nc(-n3c4ccccc4c4c5ccncc5c5c(c6ccccc6n5-c5ccccc5)c43)nc3ccccc23)cc1. The van der Waals surface area contributed by atoms with E-state index in [1.165, 1.54) is 10.8 Å². The normalized spacial score (nSPS) is 11.9. The largest absolute Gasteiger partial charge is 0.308 e. The molecular formula is C41H25N5. The molecule has 0 unspecified atom stereocenters. The van der Waals surface area contributed by atoms with Crippen LogP contribution in [0.4, 0.5) is 0 Å². The van der Waals surface area contributed by atoms with Crippen molar-refractivity contribution in [3.8, 4) is 22.9 Å². The number of rotatable bonds is 3. The number of pyridine rings is 1. The van der Waals surface area contributed by atoms with Gasteiger partial charge in [0.25, 0.3) is 0 Å². The summed E-state index contributed by atoms with van der Waals surface area (Å²) in [6.45, 7) is 0. The van der Waals surface area contributed by atoms with Crippen molar-refractivity contribution < 1.29 is 0 Å². The first-order valence-corrected chi connectivity index (χ1v) is 15.5. The van der Waals surface area contributed by atoms with Crippen LogP contribution < -0.4 is 0 Å². The van der Waals surface area contributed by atoms with Crippen molar-refractivity contribution >= 4 is 65.3 Å². The third-order valence-corrected chi connectivity index (χ3v) is 9.18. The summed E-state index contributed by atoms with van der Waals surface area (Å²) in [5.74, 6) is 0.648. The summed E-state index contributed by atoms with van der Waals surface area (Å²) >= 11 is 0. The van der Waals surface area contributed by atoms with Gasteiger partial charge in [-0.3, -0.25) is 9.55 Å². The number of para-hydroxylation sites is 4. The first-order valence-electron chi connectivity index (χ1n) is 15.5. The lowest BCUT2D eigenvalue weighted by atomic mass is 10.0. The number of aromatic nitrogens is 5. The summed E-state index contributed by atoms with van der Waals surface area (Å²) in [5.41, 5.74) is 8.41. The Morgan fingerprint density at radius 2 is 1.07 bits per heavy atom. The molecule has 0 saturated carbocycles. The van der Waals surface area contributed by atoms with Crippen molar-refractivity contribution in [1.29, 1.82) is 0 Å². The molecule has 0 spiro atoms. The highest BCUT2D eigenvalue weighted by Crippen LogP contribution is 2.46. The number of nitrogens with zero attached hydrogens (tertiary/aromatic N) is 5. The van der Waals surface area contributed by atoms with Crippen LogP contribution in [0, 0.1) is 0 Å². The highest BCUT2D eigenvalue weighted by atomic mass is 15.2. The van der Waals surface area contributed by atoms with Crippen LogP contribution in [0.3, 0.4) is 0 Å². The molecule has 5 heteroatoms. The van der Waals surface area contributed by atoms with E-state index in [2.05, 4.69) is 142 Å². The molecule has 0 saturated heterocycles. The fourth-order valence-corrected chi connectivity index (χ4v) is 7.32. The molecule has 214 valence electrons. The van der Waals surface area contributed by atoms with E-state index in [0.717, 1.165) is 71.5 Å². The average Bonchev–Trinajstić information content (AvgIpc) is 3.66. The summed E-state index contributed by atoms with van der Waals surface area (Å²) in [5, 5.41) is 7.95. The molecular weight excluding hydrogens is 562 g/mol. The van der Waals surface area contributed by atoms with Gasteiger partial charge in [-0.1, -0.05) is 103 Å². The van der Waals surface area contributed by atoms with Gasteiger partial charge in [0.15, 0.2) is 0 Å². The molecule has 4 heterocycles. The standard InChI is InChI=1S/C41H25N5/c1-3-13-26(14-4-1)38-29-17-7-10-20-33(29)43-41(44-38)46-35-22-12-8-18-30(35)36-28-23-24-42-25-32(28)39-37(40(36)46)31-19-9-11-21-34(31)45(39)27-15-5-2-6-16-27/h1-25H. The zero-order chi connectivity index (χ0) is 30.2. The maximum atomic E-state index is 5.38. The van der Waals surface area contributed by atoms with E-state index in [0.29, 0.717) is 5.95 Å². The molecule has 0 radical (unpaired) electrons. The van der Waals surface area contributed by atoms with Crippen molar-refractivity contribution in [1.82, 2.24) is 24.1 Å². The van der Waals surface area contributed by atoms with Crippen LogP contribution in [0.5, 0.6) is 0 Å². The van der Waals surface area contributed by atoms with Gasteiger partial charge in [-0.2, -0.15) is 0 Å². The Kier molecular flexibility index (Phi) is 5.22. The van der Waals surface area contributed by atoms with Crippen LogP contribution in [0.2, 0.25) is 0 Å². The summed E-state index contributed by atoms with van der Waals surface area (Å²) in [7, 11) is 0. The predicted molar refractivity (Wildman–Crippen MR) is 189 cm³/mol. The Balaban J connectivity index is 1.48. The van der Waals surface area contributed by atoms with Crippen molar-refractivity contribution in [2.45, 2.75) is 0 Å². The molecule has 0 aliphatic carbocycles. The van der Waals surface area contributed by atoms with E-state index < -0.39 is 0 Å². The monoisotopic (exact) mass is 587 g/mol. The smallest absolute Gasteiger partial charge is 0.235 e. The summed E-state index contributed by atoms with van der Waals surface area (Å²) in [4.78, 5) is 15.3. The minimum absolute atomic E-state index is 0.648. The van der Waals surface area contributed by atoms with Gasteiger partial charge in [-0.15, -0.1) is 0 Å². The highest BCUT2D eigenvalue weighted by Gasteiger charge is 2.25. The van der Waals surface area contributed by atoms with E-state index in [-0.39, 0.29) is 0 Å². The summed E-state index contributed by atoms with van der Waals surface area (Å²) in [6, 6.07) is 48.8. The number of hydrogen-bond donors (Lipinski definition) is 0. The molecule has 0 amide bonds. The fraction of sp³-hybridized carbons (Fsp3) is 0. The number of benzene rings is 6. The van der Waals surface area contributed by atoms with Crippen molar-refractivity contribution in [3.63, 3.8) is 0 Å². The second-order valence-electron chi connectivity index (χ2n) is 11.7. The van der Waals surface area contributed by atoms with E-state index in [9.17, 15) is 0 Å². The first-order chi connectivity index (χ1) is 22.9. The Hall–Kier alpha value is -6.33.